The molecule has 2 rings (SSSR count). The molecule has 4 nitrogen and oxygen atoms in total. The maximum absolute atomic E-state index is 12.1. The summed E-state index contributed by atoms with van der Waals surface area (Å²) in [6.07, 6.45) is 6.52. The van der Waals surface area contributed by atoms with E-state index < -0.39 is 0 Å². The molecule has 2 N–H and O–H groups in total. The van der Waals surface area contributed by atoms with Crippen molar-refractivity contribution < 1.29 is 4.79 Å². The van der Waals surface area contributed by atoms with Crippen LogP contribution in [0.4, 0.5) is 5.69 Å². The van der Waals surface area contributed by atoms with Crippen molar-refractivity contribution in [3.63, 3.8) is 0 Å². The Morgan fingerprint density at radius 2 is 2.47 bits per heavy atom. The molecule has 1 amide bonds. The Balaban J connectivity index is 1.85. The number of hydrogen-bond donors (Lipinski definition) is 2. The molecular formula is C15H23N3O. The smallest absolute Gasteiger partial charge is 0.224 e. The average Bonchev–Trinajstić information content (AvgIpc) is 2.42. The molecule has 1 saturated heterocycles. The largest absolute Gasteiger partial charge is 0.326 e. The van der Waals surface area contributed by atoms with Gasteiger partial charge in [0.1, 0.15) is 0 Å². The van der Waals surface area contributed by atoms with Gasteiger partial charge in [-0.15, -0.1) is 0 Å². The van der Waals surface area contributed by atoms with Crippen LogP contribution in [0.25, 0.3) is 0 Å². The van der Waals surface area contributed by atoms with Gasteiger partial charge in [0.25, 0.3) is 0 Å². The fourth-order valence-corrected chi connectivity index (χ4v) is 2.64. The fraction of sp³-hybridized carbons (Fsp3) is 0.600. The molecule has 0 radical (unpaired) electrons. The van der Waals surface area contributed by atoms with Gasteiger partial charge in [0.05, 0.1) is 0 Å². The molecular weight excluding hydrogens is 238 g/mol. The van der Waals surface area contributed by atoms with Crippen LogP contribution in [0.5, 0.6) is 0 Å². The third-order valence-corrected chi connectivity index (χ3v) is 3.94. The third-order valence-electron chi connectivity index (χ3n) is 3.94. The van der Waals surface area contributed by atoms with Crippen molar-refractivity contribution in [3.05, 3.63) is 24.0 Å². The number of nitrogens with zero attached hydrogens (tertiary/aromatic N) is 1. The van der Waals surface area contributed by atoms with Crippen molar-refractivity contribution in [2.75, 3.05) is 18.4 Å². The first-order chi connectivity index (χ1) is 9.16. The van der Waals surface area contributed by atoms with Gasteiger partial charge in [-0.3, -0.25) is 9.78 Å². The highest BCUT2D eigenvalue weighted by Crippen LogP contribution is 2.23. The fourth-order valence-electron chi connectivity index (χ4n) is 2.64. The van der Waals surface area contributed by atoms with Crippen molar-refractivity contribution in [1.82, 2.24) is 10.3 Å². The second kappa shape index (κ2) is 6.66. The molecule has 0 aliphatic carbocycles. The number of carbonyl (C=O) groups excluding carboxylic acids is 1. The summed E-state index contributed by atoms with van der Waals surface area (Å²) in [6.45, 7) is 6.29. The summed E-state index contributed by atoms with van der Waals surface area (Å²) in [6, 6.07) is 1.85. The Morgan fingerprint density at radius 3 is 3.16 bits per heavy atom. The number of piperidine rings is 1. The van der Waals surface area contributed by atoms with Gasteiger partial charge < -0.3 is 10.6 Å². The number of aromatic nitrogens is 1. The zero-order valence-corrected chi connectivity index (χ0v) is 11.8. The number of amides is 1. The number of pyridine rings is 1. The molecule has 0 aromatic carbocycles. The standard InChI is InChI=1S/C15H23N3O/c1-11(13-4-3-6-16-10-13)8-15(19)18-14-5-7-17-9-12(14)2/h5,7,9,11,13,16H,3-4,6,8,10H2,1-2H3,(H,17,18,19). The first kappa shape index (κ1) is 14.0. The molecule has 0 spiro atoms. The second-order valence-corrected chi connectivity index (χ2v) is 5.53. The monoisotopic (exact) mass is 261 g/mol. The summed E-state index contributed by atoms with van der Waals surface area (Å²) in [7, 11) is 0. The van der Waals surface area contributed by atoms with E-state index in [0.717, 1.165) is 24.3 Å². The molecule has 0 saturated carbocycles. The lowest BCUT2D eigenvalue weighted by Crippen LogP contribution is -2.34. The Morgan fingerprint density at radius 1 is 1.63 bits per heavy atom. The van der Waals surface area contributed by atoms with Crippen LogP contribution in [-0.2, 0) is 4.79 Å². The minimum atomic E-state index is 0.104. The molecule has 19 heavy (non-hydrogen) atoms. The molecule has 0 bridgehead atoms. The van der Waals surface area contributed by atoms with Gasteiger partial charge in [-0.05, 0) is 56.3 Å². The second-order valence-electron chi connectivity index (χ2n) is 5.53. The van der Waals surface area contributed by atoms with Crippen LogP contribution in [0.1, 0.15) is 31.7 Å². The highest BCUT2D eigenvalue weighted by Gasteiger charge is 2.22. The molecule has 1 aliphatic rings. The normalized spacial score (nSPS) is 20.8. The molecule has 4 heteroatoms. The lowest BCUT2D eigenvalue weighted by Gasteiger charge is -2.28. The number of hydrogen-bond acceptors (Lipinski definition) is 3. The van der Waals surface area contributed by atoms with Gasteiger partial charge in [0.2, 0.25) is 5.91 Å². The maximum atomic E-state index is 12.1. The minimum Gasteiger partial charge on any atom is -0.326 e. The molecule has 2 atom stereocenters. The summed E-state index contributed by atoms with van der Waals surface area (Å²) in [5.74, 6) is 1.15. The Hall–Kier alpha value is -1.42. The zero-order chi connectivity index (χ0) is 13.7. The van der Waals surface area contributed by atoms with E-state index >= 15 is 0 Å². The Bertz CT molecular complexity index is 427. The number of anilines is 1. The van der Waals surface area contributed by atoms with Crippen LogP contribution in [0, 0.1) is 18.8 Å². The van der Waals surface area contributed by atoms with Crippen LogP contribution in [0.2, 0.25) is 0 Å². The number of rotatable bonds is 4. The zero-order valence-electron chi connectivity index (χ0n) is 11.8. The summed E-state index contributed by atoms with van der Waals surface area (Å²) in [4.78, 5) is 16.1. The third kappa shape index (κ3) is 4.03. The highest BCUT2D eigenvalue weighted by atomic mass is 16.1. The van der Waals surface area contributed by atoms with Crippen LogP contribution < -0.4 is 10.6 Å². The molecule has 104 valence electrons. The van der Waals surface area contributed by atoms with Gasteiger partial charge >= 0.3 is 0 Å². The minimum absolute atomic E-state index is 0.104. The summed E-state index contributed by atoms with van der Waals surface area (Å²) < 4.78 is 0. The summed E-state index contributed by atoms with van der Waals surface area (Å²) in [5, 5.41) is 6.39. The molecule has 2 unspecified atom stereocenters. The predicted molar refractivity (Wildman–Crippen MR) is 77.0 cm³/mol. The van der Waals surface area contributed by atoms with E-state index in [1.54, 1.807) is 12.4 Å². The van der Waals surface area contributed by atoms with E-state index in [-0.39, 0.29) is 5.91 Å². The molecule has 1 aliphatic heterocycles. The van der Waals surface area contributed by atoms with Crippen LogP contribution in [0.15, 0.2) is 18.5 Å². The van der Waals surface area contributed by atoms with E-state index in [4.69, 9.17) is 0 Å². The molecule has 1 aromatic rings. The highest BCUT2D eigenvalue weighted by molar-refractivity contribution is 5.91. The van der Waals surface area contributed by atoms with Crippen LogP contribution in [0.3, 0.4) is 0 Å². The van der Waals surface area contributed by atoms with E-state index in [1.807, 2.05) is 13.0 Å². The van der Waals surface area contributed by atoms with Crippen molar-refractivity contribution in [1.29, 1.82) is 0 Å². The summed E-state index contributed by atoms with van der Waals surface area (Å²) >= 11 is 0. The molecule has 1 aromatic heterocycles. The van der Waals surface area contributed by atoms with Crippen molar-refractivity contribution in [2.45, 2.75) is 33.1 Å². The average molecular weight is 261 g/mol. The van der Waals surface area contributed by atoms with E-state index in [0.29, 0.717) is 18.3 Å². The topological polar surface area (TPSA) is 54.0 Å². The lowest BCUT2D eigenvalue weighted by molar-refractivity contribution is -0.117. The molecule has 1 fully saturated rings. The lowest BCUT2D eigenvalue weighted by atomic mass is 9.85. The van der Waals surface area contributed by atoms with E-state index in [9.17, 15) is 4.79 Å². The van der Waals surface area contributed by atoms with Gasteiger partial charge in [-0.2, -0.15) is 0 Å². The van der Waals surface area contributed by atoms with Gasteiger partial charge in [0.15, 0.2) is 0 Å². The van der Waals surface area contributed by atoms with Crippen LogP contribution in [-0.4, -0.2) is 24.0 Å². The first-order valence-corrected chi connectivity index (χ1v) is 7.08. The number of aryl methyl sites for hydroxylation is 1. The van der Waals surface area contributed by atoms with Gasteiger partial charge in [-0.1, -0.05) is 6.92 Å². The van der Waals surface area contributed by atoms with Crippen molar-refractivity contribution in [3.8, 4) is 0 Å². The van der Waals surface area contributed by atoms with Crippen LogP contribution >= 0.6 is 0 Å². The SMILES string of the molecule is Cc1cnccc1NC(=O)CC(C)C1CCCNC1. The number of nitrogens with one attached hydrogen (secondary N) is 2. The maximum Gasteiger partial charge on any atom is 0.224 e. The van der Waals surface area contributed by atoms with Crippen molar-refractivity contribution in [2.24, 2.45) is 11.8 Å². The van der Waals surface area contributed by atoms with E-state index in [1.165, 1.54) is 12.8 Å². The van der Waals surface area contributed by atoms with Gasteiger partial charge in [-0.25, -0.2) is 0 Å². The Labute approximate surface area is 115 Å². The Kier molecular flexibility index (Phi) is 4.91. The quantitative estimate of drug-likeness (QED) is 0.874. The predicted octanol–water partition coefficient (Wildman–Crippen LogP) is 2.35. The van der Waals surface area contributed by atoms with E-state index in [2.05, 4.69) is 22.5 Å². The van der Waals surface area contributed by atoms with Gasteiger partial charge in [0, 0.05) is 24.5 Å². The van der Waals surface area contributed by atoms with Crippen molar-refractivity contribution >= 4 is 11.6 Å². The molecule has 2 heterocycles. The number of carbonyl (C=O) groups is 1. The first-order valence-electron chi connectivity index (χ1n) is 7.08. The summed E-state index contributed by atoms with van der Waals surface area (Å²) in [5.41, 5.74) is 1.87.